The molecular weight excluding hydrogens is 314 g/mol. The third-order valence-corrected chi connectivity index (χ3v) is 6.09. The number of sulfonamides is 1. The molecule has 8 heteroatoms. The topological polar surface area (TPSA) is 63.9 Å². The lowest BCUT2D eigenvalue weighted by molar-refractivity contribution is 0.0631. The van der Waals surface area contributed by atoms with Crippen LogP contribution < -0.4 is 0 Å². The Bertz CT molecular complexity index is 753. The van der Waals surface area contributed by atoms with Crippen molar-refractivity contribution in [2.45, 2.75) is 23.9 Å². The van der Waals surface area contributed by atoms with Gasteiger partial charge in [-0.25, -0.2) is 13.4 Å². The zero-order valence-electron chi connectivity index (χ0n) is 11.6. The molecule has 0 atom stereocenters. The summed E-state index contributed by atoms with van der Waals surface area (Å²) in [5.74, 6) is 0. The first-order valence-corrected chi connectivity index (χ1v) is 8.52. The number of halogens is 1. The minimum Gasteiger partial charge on any atom is -0.381 e. The van der Waals surface area contributed by atoms with Crippen LogP contribution in [0, 0.1) is 0 Å². The second-order valence-electron chi connectivity index (χ2n) is 5.00. The molecule has 0 aliphatic carbocycles. The van der Waals surface area contributed by atoms with Crippen molar-refractivity contribution in [3.8, 4) is 0 Å². The highest BCUT2D eigenvalue weighted by Gasteiger charge is 2.33. The molecule has 1 saturated heterocycles. The SMILES string of the molecule is CN(C1CCOCC1)S(=O)(=O)c1c(Cl)nc2ccccn12. The fourth-order valence-electron chi connectivity index (χ4n) is 2.56. The number of fused-ring (bicyclic) bond motifs is 1. The summed E-state index contributed by atoms with van der Waals surface area (Å²) >= 11 is 6.07. The van der Waals surface area contributed by atoms with Crippen LogP contribution in [0.25, 0.3) is 5.65 Å². The van der Waals surface area contributed by atoms with Crippen LogP contribution in [0.15, 0.2) is 29.4 Å². The summed E-state index contributed by atoms with van der Waals surface area (Å²) in [7, 11) is -2.12. The van der Waals surface area contributed by atoms with Crippen LogP contribution in [0.4, 0.5) is 0 Å². The Morgan fingerprint density at radius 1 is 1.38 bits per heavy atom. The first-order valence-electron chi connectivity index (χ1n) is 6.70. The molecule has 21 heavy (non-hydrogen) atoms. The van der Waals surface area contributed by atoms with Crippen molar-refractivity contribution in [1.82, 2.24) is 13.7 Å². The van der Waals surface area contributed by atoms with E-state index in [4.69, 9.17) is 16.3 Å². The maximum absolute atomic E-state index is 12.9. The van der Waals surface area contributed by atoms with Crippen LogP contribution in [0.3, 0.4) is 0 Å². The molecule has 0 bridgehead atoms. The second-order valence-corrected chi connectivity index (χ2v) is 7.27. The number of nitrogens with zero attached hydrogens (tertiary/aromatic N) is 3. The zero-order chi connectivity index (χ0) is 15.0. The van der Waals surface area contributed by atoms with Crippen LogP contribution in [-0.4, -0.2) is 48.4 Å². The van der Waals surface area contributed by atoms with Gasteiger partial charge in [0.15, 0.2) is 10.2 Å². The van der Waals surface area contributed by atoms with Crippen LogP contribution in [0.5, 0.6) is 0 Å². The molecule has 0 radical (unpaired) electrons. The molecule has 1 fully saturated rings. The molecule has 2 aromatic rings. The van der Waals surface area contributed by atoms with E-state index < -0.39 is 10.0 Å². The number of hydrogen-bond acceptors (Lipinski definition) is 4. The molecule has 1 aliphatic rings. The molecular formula is C13H16ClN3O3S. The summed E-state index contributed by atoms with van der Waals surface area (Å²) in [6, 6.07) is 5.18. The van der Waals surface area contributed by atoms with Gasteiger partial charge >= 0.3 is 0 Å². The van der Waals surface area contributed by atoms with Crippen LogP contribution in [0.1, 0.15) is 12.8 Å². The van der Waals surface area contributed by atoms with E-state index in [0.717, 1.165) is 0 Å². The Hall–Kier alpha value is -1.15. The van der Waals surface area contributed by atoms with Gasteiger partial charge in [-0.15, -0.1) is 0 Å². The lowest BCUT2D eigenvalue weighted by Crippen LogP contribution is -2.41. The molecule has 0 unspecified atom stereocenters. The Morgan fingerprint density at radius 3 is 2.81 bits per heavy atom. The minimum atomic E-state index is -3.71. The van der Waals surface area contributed by atoms with Gasteiger partial charge in [-0.2, -0.15) is 4.31 Å². The summed E-state index contributed by atoms with van der Waals surface area (Å²) < 4.78 is 33.9. The quantitative estimate of drug-likeness (QED) is 0.861. The number of rotatable bonds is 3. The molecule has 1 aliphatic heterocycles. The minimum absolute atomic E-state index is 0.000101. The Balaban J connectivity index is 2.05. The van der Waals surface area contributed by atoms with Crippen LogP contribution in [-0.2, 0) is 14.8 Å². The van der Waals surface area contributed by atoms with E-state index in [1.807, 2.05) is 0 Å². The fraction of sp³-hybridized carbons (Fsp3) is 0.462. The van der Waals surface area contributed by atoms with Crippen molar-refractivity contribution < 1.29 is 13.2 Å². The highest BCUT2D eigenvalue weighted by atomic mass is 35.5. The van der Waals surface area contributed by atoms with Gasteiger partial charge in [-0.05, 0) is 25.0 Å². The average molecular weight is 330 g/mol. The normalized spacial score (nSPS) is 17.7. The van der Waals surface area contributed by atoms with E-state index in [1.165, 1.54) is 8.71 Å². The van der Waals surface area contributed by atoms with E-state index in [0.29, 0.717) is 31.7 Å². The fourth-order valence-corrected chi connectivity index (χ4v) is 4.56. The Kier molecular flexibility index (Phi) is 3.92. The number of ether oxygens (including phenoxy) is 1. The molecule has 0 amide bonds. The van der Waals surface area contributed by atoms with Crippen LogP contribution >= 0.6 is 11.6 Å². The highest BCUT2D eigenvalue weighted by Crippen LogP contribution is 2.28. The van der Waals surface area contributed by atoms with Gasteiger partial charge in [0.05, 0.1) is 0 Å². The maximum atomic E-state index is 12.9. The maximum Gasteiger partial charge on any atom is 0.262 e. The van der Waals surface area contributed by atoms with E-state index in [1.54, 1.807) is 31.4 Å². The van der Waals surface area contributed by atoms with Gasteiger partial charge in [0.2, 0.25) is 0 Å². The average Bonchev–Trinajstić information content (AvgIpc) is 2.83. The standard InChI is InChI=1S/C13H16ClN3O3S/c1-16(10-5-8-20-9-6-10)21(18,19)13-12(14)15-11-4-2-3-7-17(11)13/h2-4,7,10H,5-6,8-9H2,1H3. The van der Waals surface area contributed by atoms with Crippen molar-refractivity contribution in [2.75, 3.05) is 20.3 Å². The number of pyridine rings is 1. The molecule has 0 aromatic carbocycles. The van der Waals surface area contributed by atoms with Crippen molar-refractivity contribution in [1.29, 1.82) is 0 Å². The molecule has 0 spiro atoms. The van der Waals surface area contributed by atoms with E-state index in [2.05, 4.69) is 4.98 Å². The third-order valence-electron chi connectivity index (χ3n) is 3.77. The summed E-state index contributed by atoms with van der Waals surface area (Å²) in [6.07, 6.45) is 3.02. The lowest BCUT2D eigenvalue weighted by atomic mass is 10.1. The molecule has 3 rings (SSSR count). The Labute approximate surface area is 128 Å². The first-order chi connectivity index (χ1) is 10.0. The van der Waals surface area contributed by atoms with E-state index in [-0.39, 0.29) is 16.2 Å². The molecule has 6 nitrogen and oxygen atoms in total. The molecule has 2 aromatic heterocycles. The summed E-state index contributed by atoms with van der Waals surface area (Å²) in [4.78, 5) is 4.10. The highest BCUT2D eigenvalue weighted by molar-refractivity contribution is 7.89. The van der Waals surface area contributed by atoms with Gasteiger partial charge in [0.25, 0.3) is 10.0 Å². The number of imidazole rings is 1. The number of hydrogen-bond donors (Lipinski definition) is 0. The predicted octanol–water partition coefficient (Wildman–Crippen LogP) is 1.79. The van der Waals surface area contributed by atoms with Gasteiger partial charge in [-0.3, -0.25) is 4.40 Å². The molecule has 3 heterocycles. The van der Waals surface area contributed by atoms with Gasteiger partial charge < -0.3 is 4.74 Å². The second kappa shape index (κ2) is 5.57. The van der Waals surface area contributed by atoms with Gasteiger partial charge in [0.1, 0.15) is 5.65 Å². The van der Waals surface area contributed by atoms with Crippen LogP contribution in [0.2, 0.25) is 5.15 Å². The molecule has 0 saturated carbocycles. The van der Waals surface area contributed by atoms with Crippen molar-refractivity contribution >= 4 is 27.3 Å². The lowest BCUT2D eigenvalue weighted by Gasteiger charge is -2.30. The first kappa shape index (κ1) is 14.8. The number of aromatic nitrogens is 2. The smallest absolute Gasteiger partial charge is 0.262 e. The largest absolute Gasteiger partial charge is 0.381 e. The summed E-state index contributed by atoms with van der Waals surface area (Å²) in [5.41, 5.74) is 0.515. The van der Waals surface area contributed by atoms with Crippen molar-refractivity contribution in [2.24, 2.45) is 0 Å². The molecule has 0 N–H and O–H groups in total. The third kappa shape index (κ3) is 2.55. The zero-order valence-corrected chi connectivity index (χ0v) is 13.1. The van der Waals surface area contributed by atoms with Gasteiger partial charge in [0, 0.05) is 32.5 Å². The van der Waals surface area contributed by atoms with Crippen molar-refractivity contribution in [3.63, 3.8) is 0 Å². The molecule has 114 valence electrons. The van der Waals surface area contributed by atoms with E-state index >= 15 is 0 Å². The Morgan fingerprint density at radius 2 is 2.10 bits per heavy atom. The van der Waals surface area contributed by atoms with Crippen molar-refractivity contribution in [3.05, 3.63) is 29.5 Å². The predicted molar refractivity (Wildman–Crippen MR) is 79.0 cm³/mol. The summed E-state index contributed by atoms with van der Waals surface area (Å²) in [6.45, 7) is 1.15. The monoisotopic (exact) mass is 329 g/mol. The van der Waals surface area contributed by atoms with Gasteiger partial charge in [-0.1, -0.05) is 17.7 Å². The van der Waals surface area contributed by atoms with E-state index in [9.17, 15) is 8.42 Å². The summed E-state index contributed by atoms with van der Waals surface area (Å²) in [5, 5.41) is 0.0221.